The summed E-state index contributed by atoms with van der Waals surface area (Å²) in [5, 5.41) is 3.53. The van der Waals surface area contributed by atoms with Crippen LogP contribution in [0, 0.1) is 5.92 Å². The highest BCUT2D eigenvalue weighted by Gasteiger charge is 2.28. The Labute approximate surface area is 257 Å². The van der Waals surface area contributed by atoms with Gasteiger partial charge in [0.1, 0.15) is 5.84 Å². The Morgan fingerprint density at radius 1 is 1.19 bits per heavy atom. The molecule has 230 valence electrons. The molecule has 0 amide bonds. The van der Waals surface area contributed by atoms with Crippen LogP contribution in [0.25, 0.3) is 0 Å². The fourth-order valence-corrected chi connectivity index (χ4v) is 5.44. The molecule has 5 heteroatoms. The molecule has 0 aromatic heterocycles. The van der Waals surface area contributed by atoms with Gasteiger partial charge in [0.25, 0.3) is 0 Å². The van der Waals surface area contributed by atoms with E-state index in [9.17, 15) is 0 Å². The van der Waals surface area contributed by atoms with Crippen LogP contribution in [0.1, 0.15) is 99.8 Å². The highest BCUT2D eigenvalue weighted by molar-refractivity contribution is 6.12. The lowest BCUT2D eigenvalue weighted by Crippen LogP contribution is -2.49. The van der Waals surface area contributed by atoms with E-state index in [2.05, 4.69) is 112 Å². The average Bonchev–Trinajstić information content (AvgIpc) is 2.97. The van der Waals surface area contributed by atoms with E-state index in [0.717, 1.165) is 55.6 Å². The number of allylic oxidation sites excluding steroid dienone is 8. The zero-order chi connectivity index (χ0) is 30.6. The van der Waals surface area contributed by atoms with Gasteiger partial charge < -0.3 is 10.2 Å². The smallest absolute Gasteiger partial charge is 0.137 e. The Hall–Kier alpha value is -2.92. The minimum absolute atomic E-state index is 0.506. The van der Waals surface area contributed by atoms with Crippen LogP contribution in [0.5, 0.6) is 0 Å². The lowest BCUT2D eigenvalue weighted by Gasteiger charge is -2.38. The Balaban J connectivity index is 0.000000416. The van der Waals surface area contributed by atoms with Gasteiger partial charge in [-0.1, -0.05) is 64.3 Å². The normalized spacial score (nSPS) is 22.0. The van der Waals surface area contributed by atoms with Crippen LogP contribution in [0.2, 0.25) is 0 Å². The van der Waals surface area contributed by atoms with Gasteiger partial charge >= 0.3 is 0 Å². The zero-order valence-corrected chi connectivity index (χ0v) is 27.9. The summed E-state index contributed by atoms with van der Waals surface area (Å²) < 4.78 is 0. The summed E-state index contributed by atoms with van der Waals surface area (Å²) in [7, 11) is 1.85. The Kier molecular flexibility index (Phi) is 13.3. The van der Waals surface area contributed by atoms with E-state index < -0.39 is 0 Å². The first-order valence-corrected chi connectivity index (χ1v) is 16.4. The van der Waals surface area contributed by atoms with Gasteiger partial charge in [-0.15, -0.1) is 0 Å². The summed E-state index contributed by atoms with van der Waals surface area (Å²) in [6.07, 6.45) is 22.9. The minimum Gasteiger partial charge on any atom is -0.368 e. The monoisotopic (exact) mass is 571 g/mol. The van der Waals surface area contributed by atoms with E-state index in [1.807, 2.05) is 7.05 Å². The first-order valence-electron chi connectivity index (χ1n) is 16.4. The molecule has 0 aromatic rings. The third-order valence-electron chi connectivity index (χ3n) is 8.84. The fourth-order valence-electron chi connectivity index (χ4n) is 5.44. The Bertz CT molecular complexity index is 1200. The lowest BCUT2D eigenvalue weighted by molar-refractivity contribution is 0.259. The SMILES string of the molecule is C=C(CCC)/C(C)=C/C(=NC)C1=CC(=C2CCC2)N2C=C(N3CCNC(C)C3)C=CC2=N1.CCC/C=C(/C)C(C)CC. The van der Waals surface area contributed by atoms with Crippen molar-refractivity contribution in [1.29, 1.82) is 0 Å². The molecule has 3 heterocycles. The van der Waals surface area contributed by atoms with Crippen molar-refractivity contribution < 1.29 is 0 Å². The molecule has 0 bridgehead atoms. The van der Waals surface area contributed by atoms with Crippen molar-refractivity contribution in [1.82, 2.24) is 15.1 Å². The van der Waals surface area contributed by atoms with E-state index in [1.165, 1.54) is 66.6 Å². The molecule has 1 saturated carbocycles. The van der Waals surface area contributed by atoms with Crippen molar-refractivity contribution >= 4 is 11.5 Å². The second-order valence-corrected chi connectivity index (χ2v) is 12.2. The number of hydrogen-bond acceptors (Lipinski definition) is 5. The third-order valence-corrected chi connectivity index (χ3v) is 8.84. The standard InChI is InChI=1S/C27H37N5.C10H20/c1-6-8-19(2)20(3)15-24(28-5)25-16-26(22-9-7-10-22)32-18-23(11-12-27(32)30-25)31-14-13-29-21(4)17-31;1-5-7-8-10(4)9(3)6-2/h11-12,15-16,18,21,29H,2,6-10,13-14,17H2,1,3-5H3;8-9H,5-7H2,1-4H3/b20-15+,28-24?;10-8-. The van der Waals surface area contributed by atoms with E-state index in [-0.39, 0.29) is 0 Å². The number of amidine groups is 1. The summed E-state index contributed by atoms with van der Waals surface area (Å²) in [6, 6.07) is 0.506. The molecule has 0 radical (unpaired) electrons. The molecule has 4 aliphatic rings. The number of rotatable bonds is 10. The molecule has 4 rings (SSSR count). The van der Waals surface area contributed by atoms with E-state index >= 15 is 0 Å². The topological polar surface area (TPSA) is 43.2 Å². The Morgan fingerprint density at radius 3 is 2.55 bits per heavy atom. The van der Waals surface area contributed by atoms with Gasteiger partial charge in [0.05, 0.1) is 17.1 Å². The average molecular weight is 572 g/mol. The molecule has 1 saturated heterocycles. The van der Waals surface area contributed by atoms with E-state index in [1.54, 1.807) is 5.57 Å². The van der Waals surface area contributed by atoms with Crippen LogP contribution < -0.4 is 5.32 Å². The summed E-state index contributed by atoms with van der Waals surface area (Å²) in [4.78, 5) is 14.4. The molecule has 1 N–H and O–H groups in total. The van der Waals surface area contributed by atoms with Crippen molar-refractivity contribution in [2.75, 3.05) is 26.7 Å². The quantitative estimate of drug-likeness (QED) is 0.162. The highest BCUT2D eigenvalue weighted by Crippen LogP contribution is 2.36. The largest absolute Gasteiger partial charge is 0.368 e. The van der Waals surface area contributed by atoms with Crippen LogP contribution in [0.3, 0.4) is 0 Å². The first-order chi connectivity index (χ1) is 20.2. The molecule has 1 aliphatic carbocycles. The van der Waals surface area contributed by atoms with Gasteiger partial charge in [-0.05, 0) is 101 Å². The van der Waals surface area contributed by atoms with Crippen molar-refractivity contribution in [3.63, 3.8) is 0 Å². The van der Waals surface area contributed by atoms with Crippen LogP contribution in [0.15, 0.2) is 92.5 Å². The maximum atomic E-state index is 5.02. The van der Waals surface area contributed by atoms with Crippen LogP contribution in [-0.4, -0.2) is 54.1 Å². The number of nitrogens with one attached hydrogen (secondary N) is 1. The maximum Gasteiger partial charge on any atom is 0.137 e. The van der Waals surface area contributed by atoms with Crippen molar-refractivity contribution in [2.24, 2.45) is 15.9 Å². The number of fused-ring (bicyclic) bond motifs is 1. The van der Waals surface area contributed by atoms with Gasteiger partial charge in [-0.3, -0.25) is 9.89 Å². The second kappa shape index (κ2) is 16.6. The molecule has 0 spiro atoms. The molecular weight excluding hydrogens is 514 g/mol. The fraction of sp³-hybridized carbons (Fsp3) is 0.568. The molecule has 2 fully saturated rings. The molecule has 3 aliphatic heterocycles. The molecule has 42 heavy (non-hydrogen) atoms. The molecule has 2 unspecified atom stereocenters. The second-order valence-electron chi connectivity index (χ2n) is 12.2. The molecule has 0 aromatic carbocycles. The van der Waals surface area contributed by atoms with Crippen molar-refractivity contribution in [2.45, 2.75) is 106 Å². The van der Waals surface area contributed by atoms with Crippen molar-refractivity contribution in [3.05, 3.63) is 82.5 Å². The van der Waals surface area contributed by atoms with Crippen LogP contribution in [-0.2, 0) is 0 Å². The van der Waals surface area contributed by atoms with Gasteiger partial charge in [-0.25, -0.2) is 4.99 Å². The van der Waals surface area contributed by atoms with E-state index in [0.29, 0.717) is 6.04 Å². The maximum absolute atomic E-state index is 5.02. The van der Waals surface area contributed by atoms with Gasteiger partial charge in [0, 0.05) is 44.6 Å². The number of unbranched alkanes of at least 4 members (excludes halogenated alkanes) is 1. The predicted molar refractivity (Wildman–Crippen MR) is 184 cm³/mol. The molecule has 5 nitrogen and oxygen atoms in total. The van der Waals surface area contributed by atoms with Crippen LogP contribution >= 0.6 is 0 Å². The minimum atomic E-state index is 0.506. The number of nitrogens with zero attached hydrogens (tertiary/aromatic N) is 4. The highest BCUT2D eigenvalue weighted by atomic mass is 15.3. The van der Waals surface area contributed by atoms with E-state index in [4.69, 9.17) is 4.99 Å². The van der Waals surface area contributed by atoms with Crippen molar-refractivity contribution in [3.8, 4) is 0 Å². The predicted octanol–water partition coefficient (Wildman–Crippen LogP) is 8.88. The van der Waals surface area contributed by atoms with Gasteiger partial charge in [0.2, 0.25) is 0 Å². The summed E-state index contributed by atoms with van der Waals surface area (Å²) in [5.41, 5.74) is 9.83. The number of piperazine rings is 1. The lowest BCUT2D eigenvalue weighted by atomic mass is 9.89. The number of hydrogen-bond donors (Lipinski definition) is 1. The van der Waals surface area contributed by atoms with Gasteiger partial charge in [-0.2, -0.15) is 0 Å². The summed E-state index contributed by atoms with van der Waals surface area (Å²) in [6.45, 7) is 22.9. The van der Waals surface area contributed by atoms with Gasteiger partial charge in [0.15, 0.2) is 0 Å². The molecule has 2 atom stereocenters. The third kappa shape index (κ3) is 9.04. The zero-order valence-electron chi connectivity index (χ0n) is 27.9. The molecular formula is C37H57N5. The summed E-state index contributed by atoms with van der Waals surface area (Å²) in [5.74, 6) is 1.76. The summed E-state index contributed by atoms with van der Waals surface area (Å²) >= 11 is 0. The first kappa shape index (κ1) is 33.6. The number of aliphatic imine (C=N–C) groups is 2. The Morgan fingerprint density at radius 2 is 1.95 bits per heavy atom. The van der Waals surface area contributed by atoms with Crippen LogP contribution in [0.4, 0.5) is 0 Å².